The molecule has 0 saturated carbocycles. The van der Waals surface area contributed by atoms with E-state index in [0.29, 0.717) is 22.6 Å². The molecule has 0 bridgehead atoms. The predicted molar refractivity (Wildman–Crippen MR) is 97.1 cm³/mol. The number of benzene rings is 2. The molecule has 0 aliphatic carbocycles. The van der Waals surface area contributed by atoms with E-state index in [2.05, 4.69) is 11.6 Å². The lowest BCUT2D eigenvalue weighted by Crippen LogP contribution is -2.26. The molecular weight excluding hydrogens is 339 g/mol. The third kappa shape index (κ3) is 3.69. The van der Waals surface area contributed by atoms with Gasteiger partial charge in [-0.25, -0.2) is 4.39 Å². The zero-order valence-corrected chi connectivity index (χ0v) is 14.5. The molecule has 1 amide bonds. The van der Waals surface area contributed by atoms with Gasteiger partial charge in [-0.2, -0.15) is 4.99 Å². The lowest BCUT2D eigenvalue weighted by atomic mass is 10.3. The Morgan fingerprint density at radius 1 is 1.32 bits per heavy atom. The molecule has 4 nitrogen and oxygen atoms in total. The minimum absolute atomic E-state index is 0.349. The molecule has 3 rings (SSSR count). The Kier molecular flexibility index (Phi) is 5.09. The molecule has 6 heteroatoms. The first-order valence-corrected chi connectivity index (χ1v) is 8.61. The van der Waals surface area contributed by atoms with Crippen LogP contribution in [0.1, 0.15) is 6.92 Å². The number of halogens is 1. The third-order valence-corrected chi connectivity index (χ3v) is 4.62. The summed E-state index contributed by atoms with van der Waals surface area (Å²) in [5.41, 5.74) is 0.426. The minimum atomic E-state index is -0.741. The number of rotatable bonds is 5. The number of ether oxygens (including phenoxy) is 1. The van der Waals surface area contributed by atoms with E-state index >= 15 is 0 Å². The van der Waals surface area contributed by atoms with Crippen LogP contribution in [0.3, 0.4) is 0 Å². The fourth-order valence-electron chi connectivity index (χ4n) is 2.41. The zero-order valence-electron chi connectivity index (χ0n) is 13.7. The number of aromatic nitrogens is 1. The van der Waals surface area contributed by atoms with Crippen LogP contribution >= 0.6 is 11.3 Å². The van der Waals surface area contributed by atoms with Crippen molar-refractivity contribution in [2.45, 2.75) is 19.6 Å². The van der Waals surface area contributed by atoms with Crippen molar-refractivity contribution in [2.75, 3.05) is 0 Å². The Bertz CT molecular complexity index is 976. The van der Waals surface area contributed by atoms with E-state index in [1.165, 1.54) is 17.4 Å². The molecule has 0 aliphatic rings. The van der Waals surface area contributed by atoms with Gasteiger partial charge in [0.15, 0.2) is 10.9 Å². The predicted octanol–water partition coefficient (Wildman–Crippen LogP) is 3.92. The maximum atomic E-state index is 14.2. The molecule has 25 heavy (non-hydrogen) atoms. The van der Waals surface area contributed by atoms with Gasteiger partial charge in [-0.15, -0.1) is 6.58 Å². The van der Waals surface area contributed by atoms with E-state index in [1.807, 2.05) is 18.2 Å². The highest BCUT2D eigenvalue weighted by Crippen LogP contribution is 2.20. The van der Waals surface area contributed by atoms with Crippen molar-refractivity contribution in [3.63, 3.8) is 0 Å². The van der Waals surface area contributed by atoms with Crippen molar-refractivity contribution < 1.29 is 13.9 Å². The summed E-state index contributed by atoms with van der Waals surface area (Å²) in [5, 5.41) is 0. The van der Waals surface area contributed by atoms with Crippen LogP contribution in [0.2, 0.25) is 0 Å². The van der Waals surface area contributed by atoms with Gasteiger partial charge >= 0.3 is 0 Å². The summed E-state index contributed by atoms with van der Waals surface area (Å²) in [6.07, 6.45) is 0.904. The molecule has 0 N–H and O–H groups in total. The maximum absolute atomic E-state index is 14.2. The number of nitrogens with zero attached hydrogens (tertiary/aromatic N) is 2. The fourth-order valence-corrected chi connectivity index (χ4v) is 3.47. The number of fused-ring (bicyclic) bond motifs is 1. The van der Waals surface area contributed by atoms with E-state index in [0.717, 1.165) is 4.70 Å². The normalized spacial score (nSPS) is 13.0. The van der Waals surface area contributed by atoms with Gasteiger partial charge in [0.05, 0.1) is 10.2 Å². The summed E-state index contributed by atoms with van der Waals surface area (Å²) < 4.78 is 22.1. The van der Waals surface area contributed by atoms with Crippen molar-refractivity contribution in [3.8, 4) is 5.75 Å². The highest BCUT2D eigenvalue weighted by molar-refractivity contribution is 7.16. The van der Waals surface area contributed by atoms with Crippen molar-refractivity contribution in [1.29, 1.82) is 0 Å². The molecule has 0 fully saturated rings. The number of thiazole rings is 1. The number of amides is 1. The molecule has 1 unspecified atom stereocenters. The molecule has 0 spiro atoms. The summed E-state index contributed by atoms with van der Waals surface area (Å²) >= 11 is 1.26. The third-order valence-electron chi connectivity index (χ3n) is 3.57. The summed E-state index contributed by atoms with van der Waals surface area (Å²) in [4.78, 5) is 17.0. The van der Waals surface area contributed by atoms with Gasteiger partial charge in [-0.05, 0) is 31.2 Å². The topological polar surface area (TPSA) is 43.6 Å². The number of carbonyl (C=O) groups is 1. The Hall–Kier alpha value is -2.73. The number of para-hydroxylation sites is 2. The minimum Gasteiger partial charge on any atom is -0.481 e. The summed E-state index contributed by atoms with van der Waals surface area (Å²) in [5.74, 6) is -0.174. The van der Waals surface area contributed by atoms with Crippen LogP contribution in [0.15, 0.2) is 66.2 Å². The molecule has 2 aromatic carbocycles. The second kappa shape index (κ2) is 7.44. The van der Waals surface area contributed by atoms with Crippen LogP contribution < -0.4 is 9.54 Å². The van der Waals surface area contributed by atoms with Gasteiger partial charge in [-0.3, -0.25) is 4.79 Å². The first kappa shape index (κ1) is 17.1. The quantitative estimate of drug-likeness (QED) is 0.650. The molecular formula is C19H17FN2O2S. The van der Waals surface area contributed by atoms with Crippen LogP contribution in [-0.2, 0) is 11.3 Å². The molecule has 1 atom stereocenters. The van der Waals surface area contributed by atoms with Gasteiger partial charge < -0.3 is 9.30 Å². The van der Waals surface area contributed by atoms with Gasteiger partial charge in [-0.1, -0.05) is 41.7 Å². The van der Waals surface area contributed by atoms with Crippen LogP contribution in [0, 0.1) is 5.82 Å². The maximum Gasteiger partial charge on any atom is 0.289 e. The number of hydrogen-bond donors (Lipinski definition) is 0. The SMILES string of the molecule is C=CCn1c(=NC(=O)C(C)Oc2ccccc2)sc2cccc(F)c21. The van der Waals surface area contributed by atoms with Gasteiger partial charge in [0.25, 0.3) is 5.91 Å². The molecule has 0 aliphatic heterocycles. The molecule has 0 saturated heterocycles. The van der Waals surface area contributed by atoms with Crippen LogP contribution in [0.4, 0.5) is 4.39 Å². The van der Waals surface area contributed by atoms with E-state index < -0.39 is 12.0 Å². The fraction of sp³-hybridized carbons (Fsp3) is 0.158. The lowest BCUT2D eigenvalue weighted by molar-refractivity contribution is -0.124. The smallest absolute Gasteiger partial charge is 0.289 e. The standard InChI is InChI=1S/C19H17FN2O2S/c1-3-12-22-17-15(20)10-7-11-16(17)25-19(22)21-18(23)13(2)24-14-8-5-4-6-9-14/h3-11,13H,1,12H2,2H3. The highest BCUT2D eigenvalue weighted by atomic mass is 32.1. The summed E-state index contributed by atoms with van der Waals surface area (Å²) in [6.45, 7) is 5.70. The monoisotopic (exact) mass is 356 g/mol. The second-order valence-electron chi connectivity index (χ2n) is 5.39. The van der Waals surface area contributed by atoms with E-state index in [-0.39, 0.29) is 5.82 Å². The zero-order chi connectivity index (χ0) is 17.8. The largest absolute Gasteiger partial charge is 0.481 e. The van der Waals surface area contributed by atoms with Crippen LogP contribution in [-0.4, -0.2) is 16.6 Å². The van der Waals surface area contributed by atoms with Gasteiger partial charge in [0.2, 0.25) is 0 Å². The van der Waals surface area contributed by atoms with Crippen LogP contribution in [0.5, 0.6) is 5.75 Å². The summed E-state index contributed by atoms with van der Waals surface area (Å²) in [6, 6.07) is 13.9. The molecule has 1 heterocycles. The Morgan fingerprint density at radius 2 is 2.08 bits per heavy atom. The van der Waals surface area contributed by atoms with Crippen LogP contribution in [0.25, 0.3) is 10.2 Å². The van der Waals surface area contributed by atoms with E-state index in [9.17, 15) is 9.18 Å². The number of allylic oxidation sites excluding steroid dienone is 1. The van der Waals surface area contributed by atoms with E-state index in [4.69, 9.17) is 4.74 Å². The van der Waals surface area contributed by atoms with Gasteiger partial charge in [0.1, 0.15) is 11.6 Å². The Morgan fingerprint density at radius 3 is 2.80 bits per heavy atom. The first-order chi connectivity index (χ1) is 12.1. The number of hydrogen-bond acceptors (Lipinski definition) is 3. The Balaban J connectivity index is 1.97. The Labute approximate surface area is 148 Å². The number of carbonyl (C=O) groups excluding carboxylic acids is 1. The molecule has 0 radical (unpaired) electrons. The van der Waals surface area contributed by atoms with E-state index in [1.54, 1.807) is 41.8 Å². The van der Waals surface area contributed by atoms with Crippen molar-refractivity contribution in [1.82, 2.24) is 4.57 Å². The average molecular weight is 356 g/mol. The molecule has 3 aromatic rings. The molecule has 1 aromatic heterocycles. The van der Waals surface area contributed by atoms with Crippen molar-refractivity contribution >= 4 is 27.5 Å². The van der Waals surface area contributed by atoms with Crippen molar-refractivity contribution in [3.05, 3.63) is 71.8 Å². The lowest BCUT2D eigenvalue weighted by Gasteiger charge is -2.10. The first-order valence-electron chi connectivity index (χ1n) is 7.79. The highest BCUT2D eigenvalue weighted by Gasteiger charge is 2.16. The summed E-state index contributed by atoms with van der Waals surface area (Å²) in [7, 11) is 0. The molecule has 128 valence electrons. The second-order valence-corrected chi connectivity index (χ2v) is 6.40. The average Bonchev–Trinajstić information content (AvgIpc) is 2.95. The van der Waals surface area contributed by atoms with Crippen molar-refractivity contribution in [2.24, 2.45) is 4.99 Å². The van der Waals surface area contributed by atoms with Gasteiger partial charge in [0, 0.05) is 6.54 Å².